The number of nitrogens with zero attached hydrogens (tertiary/aromatic N) is 1. The van der Waals surface area contributed by atoms with E-state index in [2.05, 4.69) is 39.6 Å². The van der Waals surface area contributed by atoms with E-state index in [-0.39, 0.29) is 22.3 Å². The SMILES string of the molecule is CCc1ccc(NC(=O)CSC2=C(C#N)[C@@H](c3cccc(Br)c3)[C@@H](C(=O)OC)C(=O)N2)cc1. The Morgan fingerprint density at radius 1 is 1.24 bits per heavy atom. The van der Waals surface area contributed by atoms with Crippen LogP contribution in [0.25, 0.3) is 0 Å². The van der Waals surface area contributed by atoms with Gasteiger partial charge in [0.05, 0.1) is 29.5 Å². The summed E-state index contributed by atoms with van der Waals surface area (Å²) < 4.78 is 5.58. The van der Waals surface area contributed by atoms with Crippen molar-refractivity contribution in [2.75, 3.05) is 18.2 Å². The molecule has 0 saturated carbocycles. The maximum atomic E-state index is 12.9. The van der Waals surface area contributed by atoms with Crippen LogP contribution in [0, 0.1) is 17.2 Å². The van der Waals surface area contributed by atoms with Gasteiger partial charge in [-0.3, -0.25) is 14.4 Å². The van der Waals surface area contributed by atoms with Crippen molar-refractivity contribution in [1.82, 2.24) is 5.32 Å². The number of nitrogens with one attached hydrogen (secondary N) is 2. The Kier molecular flexibility index (Phi) is 8.31. The molecule has 1 aliphatic rings. The fourth-order valence-electron chi connectivity index (χ4n) is 3.54. The molecule has 9 heteroatoms. The van der Waals surface area contributed by atoms with Crippen molar-refractivity contribution in [1.29, 1.82) is 5.26 Å². The van der Waals surface area contributed by atoms with Gasteiger partial charge in [-0.15, -0.1) is 0 Å². The molecule has 0 spiro atoms. The second-order valence-corrected chi connectivity index (χ2v) is 9.17. The number of thioether (sulfide) groups is 1. The molecule has 0 radical (unpaired) electrons. The molecule has 2 aromatic carbocycles. The lowest BCUT2D eigenvalue weighted by Gasteiger charge is -2.31. The molecule has 2 aromatic rings. The molecule has 7 nitrogen and oxygen atoms in total. The monoisotopic (exact) mass is 527 g/mol. The number of carbonyl (C=O) groups excluding carboxylic acids is 3. The maximum absolute atomic E-state index is 12.9. The number of nitriles is 1. The zero-order valence-corrected chi connectivity index (χ0v) is 20.5. The molecule has 2 amide bonds. The van der Waals surface area contributed by atoms with Gasteiger partial charge < -0.3 is 15.4 Å². The lowest BCUT2D eigenvalue weighted by molar-refractivity contribution is -0.150. The molecule has 0 saturated heterocycles. The lowest BCUT2D eigenvalue weighted by Crippen LogP contribution is -2.44. The number of benzene rings is 2. The highest BCUT2D eigenvalue weighted by atomic mass is 79.9. The van der Waals surface area contributed by atoms with E-state index in [4.69, 9.17) is 4.74 Å². The molecule has 1 heterocycles. The Morgan fingerprint density at radius 3 is 2.58 bits per heavy atom. The van der Waals surface area contributed by atoms with Gasteiger partial charge >= 0.3 is 5.97 Å². The molecule has 170 valence electrons. The van der Waals surface area contributed by atoms with Crippen molar-refractivity contribution in [2.24, 2.45) is 5.92 Å². The zero-order chi connectivity index (χ0) is 24.0. The topological polar surface area (TPSA) is 108 Å². The highest BCUT2D eigenvalue weighted by Crippen LogP contribution is 2.40. The van der Waals surface area contributed by atoms with E-state index in [1.807, 2.05) is 30.3 Å². The van der Waals surface area contributed by atoms with E-state index >= 15 is 0 Å². The van der Waals surface area contributed by atoms with Gasteiger partial charge in [0.15, 0.2) is 0 Å². The second-order valence-electron chi connectivity index (χ2n) is 7.26. The molecule has 0 fully saturated rings. The van der Waals surface area contributed by atoms with Gasteiger partial charge in [0.25, 0.3) is 0 Å². The average molecular weight is 528 g/mol. The number of rotatable bonds is 7. The van der Waals surface area contributed by atoms with Gasteiger partial charge in [-0.2, -0.15) is 5.26 Å². The van der Waals surface area contributed by atoms with Gasteiger partial charge in [0, 0.05) is 16.1 Å². The standard InChI is InChI=1S/C24H22BrN3O4S/c1-3-14-7-9-17(10-8-14)27-19(29)13-33-23-18(12-26)20(15-5-4-6-16(25)11-15)21(22(30)28-23)24(31)32-2/h4-11,20-21H,3,13H2,1-2H3,(H,27,29)(H,28,30)/t20-,21-/m1/s1. The first-order valence-corrected chi connectivity index (χ1v) is 12.0. The molecular weight excluding hydrogens is 506 g/mol. The summed E-state index contributed by atoms with van der Waals surface area (Å²) >= 11 is 4.43. The molecule has 2 N–H and O–H groups in total. The minimum atomic E-state index is -1.21. The summed E-state index contributed by atoms with van der Waals surface area (Å²) in [5.41, 5.74) is 2.64. The van der Waals surface area contributed by atoms with E-state index < -0.39 is 23.7 Å². The van der Waals surface area contributed by atoms with Crippen LogP contribution in [-0.4, -0.2) is 30.6 Å². The minimum absolute atomic E-state index is 0.0234. The van der Waals surface area contributed by atoms with Gasteiger partial charge in [-0.05, 0) is 41.8 Å². The van der Waals surface area contributed by atoms with E-state index in [9.17, 15) is 19.6 Å². The predicted octanol–water partition coefficient (Wildman–Crippen LogP) is 4.12. The van der Waals surface area contributed by atoms with Crippen LogP contribution in [0.5, 0.6) is 0 Å². The van der Waals surface area contributed by atoms with Crippen molar-refractivity contribution in [3.63, 3.8) is 0 Å². The summed E-state index contributed by atoms with van der Waals surface area (Å²) in [4.78, 5) is 37.8. The van der Waals surface area contributed by atoms with Crippen LogP contribution >= 0.6 is 27.7 Å². The normalized spacial score (nSPS) is 17.7. The molecule has 1 aliphatic heterocycles. The van der Waals surface area contributed by atoms with Crippen molar-refractivity contribution < 1.29 is 19.1 Å². The number of allylic oxidation sites excluding steroid dienone is 1. The van der Waals surface area contributed by atoms with Crippen LogP contribution in [0.1, 0.15) is 24.0 Å². The fraction of sp³-hybridized carbons (Fsp3) is 0.250. The van der Waals surface area contributed by atoms with E-state index in [1.165, 1.54) is 7.11 Å². The molecule has 0 aliphatic carbocycles. The number of hydrogen-bond donors (Lipinski definition) is 2. The Bertz CT molecular complexity index is 1140. The predicted molar refractivity (Wildman–Crippen MR) is 130 cm³/mol. The number of hydrogen-bond acceptors (Lipinski definition) is 6. The van der Waals surface area contributed by atoms with E-state index in [0.29, 0.717) is 11.3 Å². The lowest BCUT2D eigenvalue weighted by atomic mass is 9.78. The third-order valence-corrected chi connectivity index (χ3v) is 6.70. The van der Waals surface area contributed by atoms with Crippen molar-refractivity contribution in [3.8, 4) is 6.07 Å². The number of aryl methyl sites for hydroxylation is 1. The molecule has 2 atom stereocenters. The number of esters is 1. The number of halogens is 1. The van der Waals surface area contributed by atoms with Crippen LogP contribution in [0.3, 0.4) is 0 Å². The van der Waals surface area contributed by atoms with Crippen molar-refractivity contribution >= 4 is 51.2 Å². The molecule has 33 heavy (non-hydrogen) atoms. The smallest absolute Gasteiger partial charge is 0.319 e. The quantitative estimate of drug-likeness (QED) is 0.414. The van der Waals surface area contributed by atoms with Crippen LogP contribution in [0.15, 0.2) is 63.6 Å². The number of methoxy groups -OCH3 is 1. The van der Waals surface area contributed by atoms with Gasteiger partial charge in [0.1, 0.15) is 5.92 Å². The Labute approximate surface area is 204 Å². The third kappa shape index (κ3) is 5.83. The van der Waals surface area contributed by atoms with Crippen molar-refractivity contribution in [2.45, 2.75) is 19.3 Å². The molecule has 0 bridgehead atoms. The van der Waals surface area contributed by atoms with Gasteiger partial charge in [-0.25, -0.2) is 0 Å². The van der Waals surface area contributed by atoms with E-state index in [1.54, 1.807) is 18.2 Å². The highest BCUT2D eigenvalue weighted by Gasteiger charge is 2.44. The fourth-order valence-corrected chi connectivity index (χ4v) is 4.80. The Morgan fingerprint density at radius 2 is 1.97 bits per heavy atom. The first-order chi connectivity index (χ1) is 15.9. The van der Waals surface area contributed by atoms with Crippen molar-refractivity contribution in [3.05, 3.63) is 74.7 Å². The summed E-state index contributed by atoms with van der Waals surface area (Å²) in [6.45, 7) is 2.05. The van der Waals surface area contributed by atoms with Crippen LogP contribution < -0.4 is 10.6 Å². The molecule has 0 aromatic heterocycles. The van der Waals surface area contributed by atoms with Crippen LogP contribution in [0.4, 0.5) is 5.69 Å². The first-order valence-electron chi connectivity index (χ1n) is 10.2. The summed E-state index contributed by atoms with van der Waals surface area (Å²) in [6, 6.07) is 16.7. The third-order valence-electron chi connectivity index (χ3n) is 5.19. The number of amides is 2. The maximum Gasteiger partial charge on any atom is 0.319 e. The van der Waals surface area contributed by atoms with Gasteiger partial charge in [0.2, 0.25) is 11.8 Å². The summed E-state index contributed by atoms with van der Waals surface area (Å²) in [5, 5.41) is 15.6. The zero-order valence-electron chi connectivity index (χ0n) is 18.1. The minimum Gasteiger partial charge on any atom is -0.468 e. The molecule has 3 rings (SSSR count). The van der Waals surface area contributed by atoms with Crippen LogP contribution in [0.2, 0.25) is 0 Å². The van der Waals surface area contributed by atoms with Crippen LogP contribution in [-0.2, 0) is 25.5 Å². The van der Waals surface area contributed by atoms with Gasteiger partial charge in [-0.1, -0.05) is 58.9 Å². The summed E-state index contributed by atoms with van der Waals surface area (Å²) in [5.74, 6) is -3.66. The summed E-state index contributed by atoms with van der Waals surface area (Å²) in [6.07, 6.45) is 0.903. The van der Waals surface area contributed by atoms with E-state index in [0.717, 1.165) is 28.2 Å². The molecule has 0 unspecified atom stereocenters. The summed E-state index contributed by atoms with van der Waals surface area (Å²) in [7, 11) is 1.20. The highest BCUT2D eigenvalue weighted by molar-refractivity contribution is 9.10. The average Bonchev–Trinajstić information content (AvgIpc) is 2.82. The number of carbonyl (C=O) groups is 3. The molecular formula is C24H22BrN3O4S. The first kappa shape index (κ1) is 24.6. The number of anilines is 1. The largest absolute Gasteiger partial charge is 0.468 e. The Balaban J connectivity index is 1.86. The number of ether oxygens (including phenoxy) is 1. The second kappa shape index (κ2) is 11.2. The Hall–Kier alpha value is -3.09.